The first kappa shape index (κ1) is 14.8. The van der Waals surface area contributed by atoms with Gasteiger partial charge >= 0.3 is 0 Å². The van der Waals surface area contributed by atoms with Gasteiger partial charge in [-0.1, -0.05) is 0 Å². The number of likely N-dealkylation sites (tertiary alicyclic amines) is 1. The molecule has 3 rings (SSSR count). The summed E-state index contributed by atoms with van der Waals surface area (Å²) in [6.07, 6.45) is 5.72. The maximum Gasteiger partial charge on any atom is 0.274 e. The molecule has 3 heterocycles. The Hall–Kier alpha value is -2.11. The minimum Gasteiger partial charge on any atom is -0.337 e. The molecular weight excluding hydrogens is 278 g/mol. The van der Waals surface area contributed by atoms with E-state index in [2.05, 4.69) is 21.6 Å². The van der Waals surface area contributed by atoms with Gasteiger partial charge in [-0.25, -0.2) is 4.98 Å². The molecule has 118 valence electrons. The molecule has 2 aromatic rings. The summed E-state index contributed by atoms with van der Waals surface area (Å²) in [5.41, 5.74) is 1.75. The molecule has 0 aliphatic carbocycles. The number of carbonyl (C=O) groups excluding carboxylic acids is 1. The van der Waals surface area contributed by atoms with Crippen LogP contribution in [0.2, 0.25) is 0 Å². The highest BCUT2D eigenvalue weighted by Gasteiger charge is 2.26. The van der Waals surface area contributed by atoms with Gasteiger partial charge in [-0.3, -0.25) is 9.48 Å². The first-order valence-corrected chi connectivity index (χ1v) is 7.93. The zero-order chi connectivity index (χ0) is 15.7. The number of hydrogen-bond acceptors (Lipinski definition) is 3. The van der Waals surface area contributed by atoms with Crippen LogP contribution in [0.3, 0.4) is 0 Å². The molecule has 1 aliphatic heterocycles. The lowest BCUT2D eigenvalue weighted by Crippen LogP contribution is -2.39. The Kier molecular flexibility index (Phi) is 4.00. The van der Waals surface area contributed by atoms with E-state index in [0.717, 1.165) is 38.3 Å². The topological polar surface area (TPSA) is 56.0 Å². The second kappa shape index (κ2) is 5.94. The molecule has 0 N–H and O–H groups in total. The number of piperidine rings is 1. The Labute approximate surface area is 130 Å². The molecule has 1 saturated heterocycles. The number of rotatable bonds is 3. The van der Waals surface area contributed by atoms with Crippen molar-refractivity contribution in [2.45, 2.75) is 46.2 Å². The van der Waals surface area contributed by atoms with E-state index in [0.29, 0.717) is 11.7 Å². The van der Waals surface area contributed by atoms with Crippen LogP contribution in [0.25, 0.3) is 0 Å². The first-order valence-electron chi connectivity index (χ1n) is 7.93. The monoisotopic (exact) mass is 301 g/mol. The van der Waals surface area contributed by atoms with Crippen LogP contribution in [-0.2, 0) is 6.54 Å². The van der Waals surface area contributed by atoms with Crippen LogP contribution in [0.4, 0.5) is 0 Å². The van der Waals surface area contributed by atoms with Gasteiger partial charge < -0.3 is 9.47 Å². The fourth-order valence-corrected chi connectivity index (χ4v) is 3.26. The Balaban J connectivity index is 1.65. The molecule has 22 heavy (non-hydrogen) atoms. The van der Waals surface area contributed by atoms with Crippen molar-refractivity contribution in [3.63, 3.8) is 0 Å². The third-order valence-electron chi connectivity index (χ3n) is 4.47. The number of imidazole rings is 1. The fourth-order valence-electron chi connectivity index (χ4n) is 3.26. The van der Waals surface area contributed by atoms with Gasteiger partial charge in [0.1, 0.15) is 11.5 Å². The van der Waals surface area contributed by atoms with Gasteiger partial charge in [0.05, 0.1) is 0 Å². The SMILES string of the molecule is CCn1ccc(C(=O)N2CCC(n3c(C)cnc3C)CC2)n1. The standard InChI is InChI=1S/C16H23N5O/c1-4-20-10-7-15(18-20)16(22)19-8-5-14(6-9-19)21-12(2)11-17-13(21)3/h7,10-11,14H,4-6,8-9H2,1-3H3. The van der Waals surface area contributed by atoms with Gasteiger partial charge in [0.15, 0.2) is 0 Å². The van der Waals surface area contributed by atoms with Crippen LogP contribution in [0.5, 0.6) is 0 Å². The van der Waals surface area contributed by atoms with E-state index >= 15 is 0 Å². The highest BCUT2D eigenvalue weighted by Crippen LogP contribution is 2.26. The van der Waals surface area contributed by atoms with E-state index in [-0.39, 0.29) is 5.91 Å². The van der Waals surface area contributed by atoms with Gasteiger partial charge in [0, 0.05) is 43.8 Å². The molecule has 0 unspecified atom stereocenters. The van der Waals surface area contributed by atoms with Crippen molar-refractivity contribution >= 4 is 5.91 Å². The summed E-state index contributed by atoms with van der Waals surface area (Å²) in [4.78, 5) is 18.8. The number of aromatic nitrogens is 4. The zero-order valence-electron chi connectivity index (χ0n) is 13.5. The van der Waals surface area contributed by atoms with Crippen molar-refractivity contribution in [2.75, 3.05) is 13.1 Å². The zero-order valence-corrected chi connectivity index (χ0v) is 13.5. The van der Waals surface area contributed by atoms with Crippen LogP contribution in [-0.4, -0.2) is 43.2 Å². The van der Waals surface area contributed by atoms with Gasteiger partial charge in [-0.15, -0.1) is 0 Å². The summed E-state index contributed by atoms with van der Waals surface area (Å²) < 4.78 is 4.09. The van der Waals surface area contributed by atoms with Gasteiger partial charge in [0.2, 0.25) is 0 Å². The lowest BCUT2D eigenvalue weighted by atomic mass is 10.0. The molecule has 1 amide bonds. The summed E-state index contributed by atoms with van der Waals surface area (Å²) in [5.74, 6) is 1.11. The second-order valence-electron chi connectivity index (χ2n) is 5.90. The van der Waals surface area contributed by atoms with E-state index in [1.807, 2.05) is 37.2 Å². The molecule has 0 spiro atoms. The summed E-state index contributed by atoms with van der Waals surface area (Å²) in [5, 5.41) is 4.31. The molecule has 0 radical (unpaired) electrons. The molecule has 0 atom stereocenters. The van der Waals surface area contributed by atoms with E-state index in [9.17, 15) is 4.79 Å². The molecule has 6 heteroatoms. The number of nitrogens with zero attached hydrogens (tertiary/aromatic N) is 5. The molecule has 1 fully saturated rings. The van der Waals surface area contributed by atoms with Gasteiger partial charge in [-0.2, -0.15) is 5.10 Å². The quantitative estimate of drug-likeness (QED) is 0.873. The van der Waals surface area contributed by atoms with Crippen LogP contribution in [0.15, 0.2) is 18.5 Å². The molecule has 6 nitrogen and oxygen atoms in total. The Morgan fingerprint density at radius 1 is 1.32 bits per heavy atom. The lowest BCUT2D eigenvalue weighted by molar-refractivity contribution is 0.0686. The number of hydrogen-bond donors (Lipinski definition) is 0. The smallest absolute Gasteiger partial charge is 0.274 e. The summed E-state index contributed by atoms with van der Waals surface area (Å²) in [6, 6.07) is 2.25. The minimum atomic E-state index is 0.0460. The van der Waals surface area contributed by atoms with E-state index in [1.54, 1.807) is 4.68 Å². The average Bonchev–Trinajstić information content (AvgIpc) is 3.14. The van der Waals surface area contributed by atoms with Crippen LogP contribution in [0.1, 0.15) is 47.8 Å². The fraction of sp³-hybridized carbons (Fsp3) is 0.562. The van der Waals surface area contributed by atoms with Crippen LogP contribution < -0.4 is 0 Å². The van der Waals surface area contributed by atoms with Crippen LogP contribution in [0, 0.1) is 13.8 Å². The molecule has 2 aromatic heterocycles. The van der Waals surface area contributed by atoms with Gasteiger partial charge in [-0.05, 0) is 39.7 Å². The summed E-state index contributed by atoms with van der Waals surface area (Å²) in [6.45, 7) is 8.49. The van der Waals surface area contributed by atoms with Crippen molar-refractivity contribution in [1.29, 1.82) is 0 Å². The predicted molar refractivity (Wildman–Crippen MR) is 83.8 cm³/mol. The van der Waals surface area contributed by atoms with Crippen LogP contribution >= 0.6 is 0 Å². The lowest BCUT2D eigenvalue weighted by Gasteiger charge is -2.33. The summed E-state index contributed by atoms with van der Waals surface area (Å²) in [7, 11) is 0. The molecule has 1 aliphatic rings. The molecule has 0 aromatic carbocycles. The minimum absolute atomic E-state index is 0.0460. The van der Waals surface area contributed by atoms with E-state index in [4.69, 9.17) is 0 Å². The Morgan fingerprint density at radius 2 is 2.05 bits per heavy atom. The highest BCUT2D eigenvalue weighted by molar-refractivity contribution is 5.92. The summed E-state index contributed by atoms with van der Waals surface area (Å²) >= 11 is 0. The number of amides is 1. The molecular formula is C16H23N5O. The number of aryl methyl sites for hydroxylation is 3. The van der Waals surface area contributed by atoms with Gasteiger partial charge in [0.25, 0.3) is 5.91 Å². The average molecular weight is 301 g/mol. The van der Waals surface area contributed by atoms with E-state index < -0.39 is 0 Å². The van der Waals surface area contributed by atoms with Crippen molar-refractivity contribution < 1.29 is 4.79 Å². The Morgan fingerprint density at radius 3 is 2.59 bits per heavy atom. The predicted octanol–water partition coefficient (Wildman–Crippen LogP) is 2.19. The third-order valence-corrected chi connectivity index (χ3v) is 4.47. The highest BCUT2D eigenvalue weighted by atomic mass is 16.2. The first-order chi connectivity index (χ1) is 10.6. The molecule has 0 bridgehead atoms. The van der Waals surface area contributed by atoms with Crippen molar-refractivity contribution in [2.24, 2.45) is 0 Å². The maximum atomic E-state index is 12.5. The van der Waals surface area contributed by atoms with Crippen molar-refractivity contribution in [1.82, 2.24) is 24.2 Å². The number of carbonyl (C=O) groups is 1. The second-order valence-corrected chi connectivity index (χ2v) is 5.90. The maximum absolute atomic E-state index is 12.5. The Bertz CT molecular complexity index is 644. The molecule has 0 saturated carbocycles. The van der Waals surface area contributed by atoms with Crippen molar-refractivity contribution in [3.05, 3.63) is 35.7 Å². The van der Waals surface area contributed by atoms with Crippen molar-refractivity contribution in [3.8, 4) is 0 Å². The third kappa shape index (κ3) is 2.65. The largest absolute Gasteiger partial charge is 0.337 e. The normalized spacial score (nSPS) is 16.2. The van der Waals surface area contributed by atoms with E-state index in [1.165, 1.54) is 5.69 Å².